The van der Waals surface area contributed by atoms with E-state index < -0.39 is 6.11 Å². The van der Waals surface area contributed by atoms with Gasteiger partial charge in [0.15, 0.2) is 0 Å². The Morgan fingerprint density at radius 3 is 1.94 bits per heavy atom. The molecule has 7 heteroatoms. The van der Waals surface area contributed by atoms with Crippen molar-refractivity contribution in [2.24, 2.45) is 0 Å². The summed E-state index contributed by atoms with van der Waals surface area (Å²) in [4.78, 5) is 10.2. The third-order valence-corrected chi connectivity index (χ3v) is 1.31. The molecule has 4 nitrogen and oxygen atoms in total. The van der Waals surface area contributed by atoms with Crippen molar-refractivity contribution in [1.29, 1.82) is 0 Å². The van der Waals surface area contributed by atoms with Gasteiger partial charge in [0.25, 0.3) is 0 Å². The number of ether oxygens (including phenoxy) is 1. The number of alkyl halides is 2. The van der Waals surface area contributed by atoms with E-state index in [1.54, 1.807) is 0 Å². The van der Waals surface area contributed by atoms with Gasteiger partial charge in [-0.15, -0.1) is 0 Å². The Bertz CT molecular complexity index is 297. The first kappa shape index (κ1) is 20.4. The molecular weight excluding hydrogens is 265 g/mol. The van der Waals surface area contributed by atoms with Gasteiger partial charge in [0, 0.05) is 29.6 Å². The molecule has 1 aromatic carbocycles. The summed E-state index contributed by atoms with van der Waals surface area (Å²) in [5.74, 6) is 0.0399. The molecule has 0 N–H and O–H groups in total. The second kappa shape index (κ2) is 8.18. The monoisotopic (exact) mass is 273 g/mol. The molecule has 1 radical (unpaired) electrons. The third-order valence-electron chi connectivity index (χ3n) is 1.31. The number of benzene rings is 1. The number of halogens is 2. The number of hydrogen-bond donors (Lipinski definition) is 0. The number of rotatable bonds is 3. The van der Waals surface area contributed by atoms with Crippen LogP contribution in [0, 0.1) is 0 Å². The van der Waals surface area contributed by atoms with Crippen molar-refractivity contribution in [2.75, 3.05) is 0 Å². The molecule has 0 bridgehead atoms. The number of carbonyl (C=O) groups excluding carboxylic acids is 1. The zero-order chi connectivity index (χ0) is 9.90. The number of hydrogen-bond acceptors (Lipinski definition) is 2. The van der Waals surface area contributed by atoms with Gasteiger partial charge in [-0.2, -0.15) is 8.78 Å². The normalized spacial score (nSPS) is 8.94. The third kappa shape index (κ3) is 7.30. The molecule has 0 saturated heterocycles. The summed E-state index contributed by atoms with van der Waals surface area (Å²) in [5, 5.41) is 0. The van der Waals surface area contributed by atoms with Crippen LogP contribution < -0.4 is 4.74 Å². The van der Waals surface area contributed by atoms with Crippen LogP contribution in [0.3, 0.4) is 0 Å². The van der Waals surface area contributed by atoms with Gasteiger partial charge in [-0.3, -0.25) is 4.79 Å². The van der Waals surface area contributed by atoms with Crippen LogP contribution in [0.4, 0.5) is 8.78 Å². The molecule has 0 amide bonds. The molecule has 1 aromatic rings. The van der Waals surface area contributed by atoms with E-state index in [1.807, 2.05) is 0 Å². The number of aldehydes is 1. The van der Waals surface area contributed by atoms with Crippen molar-refractivity contribution in [2.45, 2.75) is 13.0 Å². The molecule has 0 aliphatic carbocycles. The molecule has 0 aromatic heterocycles. The van der Waals surface area contributed by atoms with Crippen molar-refractivity contribution in [3.8, 4) is 5.75 Å². The molecule has 0 atom stereocenters. The van der Waals surface area contributed by atoms with Gasteiger partial charge in [0.1, 0.15) is 12.0 Å². The average molecular weight is 273 g/mol. The second-order valence-corrected chi connectivity index (χ2v) is 2.60. The van der Waals surface area contributed by atoms with Gasteiger partial charge >= 0.3 is 6.11 Å². The Balaban J connectivity index is -0.000000563. The minimum Gasteiger partial charge on any atom is -2.00 e. The van der Waals surface area contributed by atoms with E-state index in [0.29, 0.717) is 18.8 Å². The molecule has 0 spiro atoms. The van der Waals surface area contributed by atoms with Gasteiger partial charge in [0.2, 0.25) is 0 Å². The van der Waals surface area contributed by atoms with Crippen molar-refractivity contribution in [3.63, 3.8) is 0 Å². The Kier molecular flexibility index (Phi) is 10.4. The van der Waals surface area contributed by atoms with Crippen LogP contribution in [-0.4, -0.2) is 12.4 Å². The molecule has 0 aliphatic rings. The smallest absolute Gasteiger partial charge is 0.394 e. The molecule has 1 rings (SSSR count). The molecule has 0 fully saturated rings. The Morgan fingerprint density at radius 1 is 1.19 bits per heavy atom. The quantitative estimate of drug-likeness (QED) is 0.625. The zero-order valence-corrected chi connectivity index (χ0v) is 9.33. The summed E-state index contributed by atoms with van der Waals surface area (Å²) in [7, 11) is 0. The van der Waals surface area contributed by atoms with Crippen LogP contribution in [0.25, 0.3) is 0 Å². The summed E-state index contributed by atoms with van der Waals surface area (Å²) in [6.07, 6.45) is -2.56. The Morgan fingerprint density at radius 2 is 1.62 bits per heavy atom. The predicted molar refractivity (Wildman–Crippen MR) is 44.5 cm³/mol. The topological polar surface area (TPSA) is 83.3 Å². The van der Waals surface area contributed by atoms with Gasteiger partial charge in [0.05, 0.1) is 0 Å². The Labute approximate surface area is 102 Å². The van der Waals surface area contributed by atoms with Gasteiger partial charge in [-0.25, -0.2) is 0 Å². The first-order valence-corrected chi connectivity index (χ1v) is 3.63. The Hall–Kier alpha value is -1.01. The van der Waals surface area contributed by atoms with Crippen LogP contribution in [0.1, 0.15) is 17.3 Å². The maximum atomic E-state index is 12.3. The van der Waals surface area contributed by atoms with E-state index >= 15 is 0 Å². The SMILES string of the molecule is CC(F)(F)Oc1ccc(C=O)cc1.[Mn].[O-2].[O-2]. The standard InChI is InChI=1S/C9H8F2O2.Mn.2O/c1-9(10,11)13-8-4-2-7(6-12)3-5-8;;;/h2-6H,1H3;;;/q;;2*-2. The molecule has 0 aliphatic heterocycles. The van der Waals surface area contributed by atoms with Gasteiger partial charge in [-0.05, 0) is 24.3 Å². The molecule has 16 heavy (non-hydrogen) atoms. The van der Waals surface area contributed by atoms with Crippen LogP contribution in [0.15, 0.2) is 24.3 Å². The largest absolute Gasteiger partial charge is 2.00 e. The maximum absolute atomic E-state index is 12.3. The maximum Gasteiger partial charge on any atom is 0.394 e. The van der Waals surface area contributed by atoms with Crippen molar-refractivity contribution in [1.82, 2.24) is 0 Å². The van der Waals surface area contributed by atoms with Gasteiger partial charge in [-0.1, -0.05) is 0 Å². The van der Waals surface area contributed by atoms with E-state index in [0.717, 1.165) is 0 Å². The average Bonchev–Trinajstić information content (AvgIpc) is 2.03. The minimum atomic E-state index is -3.19. The van der Waals surface area contributed by atoms with Crippen LogP contribution in [0.5, 0.6) is 5.75 Å². The fourth-order valence-electron chi connectivity index (χ4n) is 0.821. The molecular formula is C9H8F2MnO4-4. The fraction of sp³-hybridized carbons (Fsp3) is 0.222. The van der Waals surface area contributed by atoms with Crippen molar-refractivity contribution >= 4 is 6.29 Å². The first-order chi connectivity index (χ1) is 6.01. The first-order valence-electron chi connectivity index (χ1n) is 3.63. The van der Waals surface area contributed by atoms with Gasteiger partial charge < -0.3 is 15.7 Å². The molecule has 0 heterocycles. The van der Waals surface area contributed by atoms with E-state index in [4.69, 9.17) is 0 Å². The summed E-state index contributed by atoms with van der Waals surface area (Å²) in [6, 6.07) is 5.46. The second-order valence-electron chi connectivity index (χ2n) is 2.60. The summed E-state index contributed by atoms with van der Waals surface area (Å²) >= 11 is 0. The molecule has 0 unspecified atom stereocenters. The minimum absolute atomic E-state index is 0. The van der Waals surface area contributed by atoms with Crippen molar-refractivity contribution < 1.29 is 46.3 Å². The van der Waals surface area contributed by atoms with Crippen LogP contribution >= 0.6 is 0 Å². The molecule has 0 saturated carbocycles. The van der Waals surface area contributed by atoms with E-state index in [-0.39, 0.29) is 33.8 Å². The van der Waals surface area contributed by atoms with E-state index in [1.165, 1.54) is 24.3 Å². The van der Waals surface area contributed by atoms with Crippen LogP contribution in [0.2, 0.25) is 0 Å². The summed E-state index contributed by atoms with van der Waals surface area (Å²) in [6.45, 7) is 0.653. The van der Waals surface area contributed by atoms with Crippen LogP contribution in [-0.2, 0) is 28.0 Å². The van der Waals surface area contributed by atoms with Crippen molar-refractivity contribution in [3.05, 3.63) is 29.8 Å². The summed E-state index contributed by atoms with van der Waals surface area (Å²) < 4.78 is 28.8. The fourth-order valence-corrected chi connectivity index (χ4v) is 0.821. The van der Waals surface area contributed by atoms with E-state index in [9.17, 15) is 13.6 Å². The molecule has 93 valence electrons. The predicted octanol–water partition coefficient (Wildman–Crippen LogP) is 2.25. The van der Waals surface area contributed by atoms with E-state index in [2.05, 4.69) is 4.74 Å². The zero-order valence-electron chi connectivity index (χ0n) is 8.15. The number of carbonyl (C=O) groups is 1. The summed E-state index contributed by atoms with van der Waals surface area (Å²) in [5.41, 5.74) is 0.423.